The van der Waals surface area contributed by atoms with Gasteiger partial charge in [0.25, 0.3) is 0 Å². The first kappa shape index (κ1) is 15.4. The molecule has 1 heterocycles. The average molecular weight is 290 g/mol. The lowest BCUT2D eigenvalue weighted by Gasteiger charge is -2.07. The summed E-state index contributed by atoms with van der Waals surface area (Å²) < 4.78 is 8.83. The number of hydrogen-bond acceptors (Lipinski definition) is 4. The van der Waals surface area contributed by atoms with Crippen molar-refractivity contribution < 1.29 is 14.8 Å². The molecule has 0 aliphatic rings. The minimum absolute atomic E-state index is 0.0285. The SMILES string of the molecule is CCCn1ccn(CCOc2ccc(B(O)O)cc2)c1=O. The van der Waals surface area contributed by atoms with E-state index in [4.69, 9.17) is 14.8 Å². The van der Waals surface area contributed by atoms with Crippen LogP contribution in [0.3, 0.4) is 0 Å². The highest BCUT2D eigenvalue weighted by Gasteiger charge is 2.09. The van der Waals surface area contributed by atoms with Gasteiger partial charge in [-0.25, -0.2) is 4.79 Å². The topological polar surface area (TPSA) is 76.6 Å². The van der Waals surface area contributed by atoms with Crippen LogP contribution in [0.5, 0.6) is 5.75 Å². The maximum atomic E-state index is 11.9. The van der Waals surface area contributed by atoms with Crippen LogP contribution in [0.2, 0.25) is 0 Å². The molecule has 0 amide bonds. The van der Waals surface area contributed by atoms with Gasteiger partial charge in [-0.15, -0.1) is 0 Å². The number of hydrogen-bond donors (Lipinski definition) is 2. The quantitative estimate of drug-likeness (QED) is 0.694. The third kappa shape index (κ3) is 3.99. The Hall–Kier alpha value is -1.99. The van der Waals surface area contributed by atoms with E-state index < -0.39 is 7.12 Å². The van der Waals surface area contributed by atoms with Crippen molar-refractivity contribution >= 4 is 12.6 Å². The summed E-state index contributed by atoms with van der Waals surface area (Å²) in [6.45, 7) is 3.59. The molecule has 112 valence electrons. The largest absolute Gasteiger partial charge is 0.492 e. The van der Waals surface area contributed by atoms with Gasteiger partial charge < -0.3 is 14.8 Å². The molecule has 21 heavy (non-hydrogen) atoms. The molecule has 2 aromatic rings. The average Bonchev–Trinajstić information content (AvgIpc) is 2.81. The minimum atomic E-state index is -1.48. The molecule has 0 unspecified atom stereocenters. The number of nitrogens with zero attached hydrogens (tertiary/aromatic N) is 2. The normalized spacial score (nSPS) is 10.6. The Morgan fingerprint density at radius 3 is 2.29 bits per heavy atom. The van der Waals surface area contributed by atoms with E-state index in [9.17, 15) is 4.79 Å². The molecule has 7 heteroatoms. The van der Waals surface area contributed by atoms with E-state index in [2.05, 4.69) is 0 Å². The molecule has 0 bridgehead atoms. The van der Waals surface area contributed by atoms with Crippen molar-refractivity contribution in [1.29, 1.82) is 0 Å². The number of aryl methyl sites for hydroxylation is 1. The molecule has 0 radical (unpaired) electrons. The van der Waals surface area contributed by atoms with Crippen molar-refractivity contribution in [1.82, 2.24) is 9.13 Å². The van der Waals surface area contributed by atoms with Gasteiger partial charge in [0.1, 0.15) is 12.4 Å². The van der Waals surface area contributed by atoms with Gasteiger partial charge in [-0.3, -0.25) is 9.13 Å². The molecule has 0 saturated heterocycles. The Morgan fingerprint density at radius 2 is 1.71 bits per heavy atom. The van der Waals surface area contributed by atoms with Gasteiger partial charge in [-0.2, -0.15) is 0 Å². The highest BCUT2D eigenvalue weighted by Crippen LogP contribution is 2.07. The van der Waals surface area contributed by atoms with Gasteiger partial charge in [0.15, 0.2) is 0 Å². The lowest BCUT2D eigenvalue weighted by atomic mass is 9.80. The maximum absolute atomic E-state index is 11.9. The molecular formula is C14H19BN2O4. The van der Waals surface area contributed by atoms with Crippen LogP contribution in [0.25, 0.3) is 0 Å². The van der Waals surface area contributed by atoms with Crippen molar-refractivity contribution in [2.45, 2.75) is 26.4 Å². The molecule has 1 aromatic carbocycles. The molecule has 0 spiro atoms. The predicted molar refractivity (Wildman–Crippen MR) is 80.7 cm³/mol. The second-order valence-electron chi connectivity index (χ2n) is 4.76. The monoisotopic (exact) mass is 290 g/mol. The van der Waals surface area contributed by atoms with E-state index in [0.717, 1.165) is 13.0 Å². The summed E-state index contributed by atoms with van der Waals surface area (Å²) in [5, 5.41) is 18.0. The minimum Gasteiger partial charge on any atom is -0.492 e. The summed E-state index contributed by atoms with van der Waals surface area (Å²) in [4.78, 5) is 11.9. The Labute approximate surface area is 123 Å². The first-order valence-electron chi connectivity index (χ1n) is 6.96. The Morgan fingerprint density at radius 1 is 1.10 bits per heavy atom. The number of aromatic nitrogens is 2. The summed E-state index contributed by atoms with van der Waals surface area (Å²) >= 11 is 0. The Kier molecular flexibility index (Phi) is 5.24. The van der Waals surface area contributed by atoms with Crippen molar-refractivity contribution in [2.75, 3.05) is 6.61 Å². The van der Waals surface area contributed by atoms with Gasteiger partial charge >= 0.3 is 12.8 Å². The van der Waals surface area contributed by atoms with Gasteiger partial charge in [0, 0.05) is 18.9 Å². The molecule has 0 saturated carbocycles. The fourth-order valence-corrected chi connectivity index (χ4v) is 2.03. The third-order valence-corrected chi connectivity index (χ3v) is 3.16. The predicted octanol–water partition coefficient (Wildman–Crippen LogP) is -0.181. The van der Waals surface area contributed by atoms with E-state index in [1.165, 1.54) is 0 Å². The first-order chi connectivity index (χ1) is 10.1. The second kappa shape index (κ2) is 7.15. The van der Waals surface area contributed by atoms with Gasteiger partial charge in [0.2, 0.25) is 0 Å². The smallest absolute Gasteiger partial charge is 0.488 e. The van der Waals surface area contributed by atoms with Crippen LogP contribution in [0.15, 0.2) is 41.5 Å². The number of imidazole rings is 1. The second-order valence-corrected chi connectivity index (χ2v) is 4.76. The number of ether oxygens (including phenoxy) is 1. The Balaban J connectivity index is 1.88. The van der Waals surface area contributed by atoms with Crippen LogP contribution >= 0.6 is 0 Å². The van der Waals surface area contributed by atoms with Crippen LogP contribution in [0.4, 0.5) is 0 Å². The molecular weight excluding hydrogens is 271 g/mol. The fourth-order valence-electron chi connectivity index (χ4n) is 2.03. The highest BCUT2D eigenvalue weighted by molar-refractivity contribution is 6.58. The third-order valence-electron chi connectivity index (χ3n) is 3.16. The summed E-state index contributed by atoms with van der Waals surface area (Å²) in [5.41, 5.74) is 0.384. The van der Waals surface area contributed by atoms with E-state index in [1.807, 2.05) is 6.92 Å². The Bertz CT molecular complexity index is 619. The maximum Gasteiger partial charge on any atom is 0.488 e. The van der Waals surface area contributed by atoms with Crippen molar-refractivity contribution in [2.24, 2.45) is 0 Å². The molecule has 0 fully saturated rings. The molecule has 1 aromatic heterocycles. The van der Waals surface area contributed by atoms with Crippen LogP contribution < -0.4 is 15.9 Å². The molecule has 2 rings (SSSR count). The van der Waals surface area contributed by atoms with E-state index in [1.54, 1.807) is 45.8 Å². The molecule has 0 aliphatic carbocycles. The summed E-state index contributed by atoms with van der Waals surface area (Å²) in [5.74, 6) is 0.625. The van der Waals surface area contributed by atoms with Gasteiger partial charge in [-0.05, 0) is 24.0 Å². The number of rotatable bonds is 7. The zero-order valence-corrected chi connectivity index (χ0v) is 12.0. The van der Waals surface area contributed by atoms with Crippen LogP contribution in [0, 0.1) is 0 Å². The zero-order valence-electron chi connectivity index (χ0n) is 12.0. The molecule has 6 nitrogen and oxygen atoms in total. The lowest BCUT2D eigenvalue weighted by Crippen LogP contribution is -2.29. The summed E-state index contributed by atoms with van der Waals surface area (Å²) in [7, 11) is -1.48. The van der Waals surface area contributed by atoms with Crippen LogP contribution in [-0.2, 0) is 13.1 Å². The molecule has 0 atom stereocenters. The van der Waals surface area contributed by atoms with Crippen LogP contribution in [0.1, 0.15) is 13.3 Å². The van der Waals surface area contributed by atoms with Crippen LogP contribution in [-0.4, -0.2) is 32.9 Å². The zero-order chi connectivity index (χ0) is 15.2. The molecule has 0 aliphatic heterocycles. The van der Waals surface area contributed by atoms with Gasteiger partial charge in [0.05, 0.1) is 6.54 Å². The van der Waals surface area contributed by atoms with E-state index in [-0.39, 0.29) is 5.69 Å². The fraction of sp³-hybridized carbons (Fsp3) is 0.357. The lowest BCUT2D eigenvalue weighted by molar-refractivity contribution is 0.296. The van der Waals surface area contributed by atoms with Crippen molar-refractivity contribution in [3.63, 3.8) is 0 Å². The first-order valence-corrected chi connectivity index (χ1v) is 6.96. The van der Waals surface area contributed by atoms with Gasteiger partial charge in [-0.1, -0.05) is 19.1 Å². The van der Waals surface area contributed by atoms with Crippen molar-refractivity contribution in [3.05, 3.63) is 47.1 Å². The summed E-state index contributed by atoms with van der Waals surface area (Å²) in [6.07, 6.45) is 4.46. The van der Waals surface area contributed by atoms with E-state index >= 15 is 0 Å². The molecule has 2 N–H and O–H groups in total. The highest BCUT2D eigenvalue weighted by atomic mass is 16.5. The standard InChI is InChI=1S/C14H19BN2O4/c1-2-7-16-8-9-17(14(16)18)10-11-21-13-5-3-12(4-6-13)15(19)20/h3-6,8-9,19-20H,2,7,10-11H2,1H3. The van der Waals surface area contributed by atoms with Crippen molar-refractivity contribution in [3.8, 4) is 5.75 Å². The van der Waals surface area contributed by atoms with E-state index in [0.29, 0.717) is 24.4 Å². The summed E-state index contributed by atoms with van der Waals surface area (Å²) in [6, 6.07) is 6.51. The number of benzene rings is 1.